The Balaban J connectivity index is 1.08. The Kier molecular flexibility index (Phi) is 11.9. The van der Waals surface area contributed by atoms with Crippen molar-refractivity contribution in [1.29, 1.82) is 0 Å². The molecule has 0 aliphatic carbocycles. The Morgan fingerprint density at radius 1 is 0.583 bits per heavy atom. The molecule has 0 aliphatic heterocycles. The normalized spacial score (nSPS) is 11.1. The molecule has 0 unspecified atom stereocenters. The first-order chi connectivity index (χ1) is 17.5. The van der Waals surface area contributed by atoms with Crippen LogP contribution in [0.4, 0.5) is 0 Å². The monoisotopic (exact) mass is 870 g/mol. The van der Waals surface area contributed by atoms with Gasteiger partial charge in [0.2, 0.25) is 0 Å². The van der Waals surface area contributed by atoms with Gasteiger partial charge >= 0.3 is 0 Å². The van der Waals surface area contributed by atoms with Gasteiger partial charge in [-0.25, -0.2) is 0 Å². The lowest BCUT2D eigenvalue weighted by atomic mass is 10.1. The molecule has 36 heavy (non-hydrogen) atoms. The average molecular weight is 872 g/mol. The molecular weight excluding hydrogens is 846 g/mol. The maximum absolute atomic E-state index is 6.02. The van der Waals surface area contributed by atoms with Crippen molar-refractivity contribution in [2.24, 2.45) is 0 Å². The summed E-state index contributed by atoms with van der Waals surface area (Å²) in [6.45, 7) is 1.54. The molecule has 4 rings (SSSR count). The third kappa shape index (κ3) is 8.69. The highest BCUT2D eigenvalue weighted by molar-refractivity contribution is 14.1. The Morgan fingerprint density at radius 2 is 1.00 bits per heavy atom. The second-order valence-corrected chi connectivity index (χ2v) is 16.9. The molecule has 0 saturated carbocycles. The van der Waals surface area contributed by atoms with Gasteiger partial charge in [0.1, 0.15) is 11.5 Å². The van der Waals surface area contributed by atoms with Crippen LogP contribution in [0.25, 0.3) is 22.3 Å². The molecule has 0 atom stereocenters. The summed E-state index contributed by atoms with van der Waals surface area (Å²) in [6.07, 6.45) is 7.06. The Morgan fingerprint density at radius 3 is 1.39 bits per heavy atom. The van der Waals surface area contributed by atoms with Gasteiger partial charge in [0.25, 0.3) is 0 Å². The molecule has 2 nitrogen and oxygen atoms in total. The third-order valence-corrected chi connectivity index (χ3v) is 10.9. The van der Waals surface area contributed by atoms with Crippen molar-refractivity contribution in [3.8, 4) is 33.8 Å². The van der Waals surface area contributed by atoms with Gasteiger partial charge in [0.05, 0.1) is 26.6 Å². The lowest BCUT2D eigenvalue weighted by molar-refractivity contribution is 0.297. The van der Waals surface area contributed by atoms with Gasteiger partial charge in [0, 0.05) is 11.1 Å². The number of hydrogen-bond acceptors (Lipinski definition) is 4. The molecule has 0 amide bonds. The molecule has 2 aromatic heterocycles. The van der Waals surface area contributed by atoms with E-state index >= 15 is 0 Å². The second kappa shape index (κ2) is 14.9. The highest BCUT2D eigenvalue weighted by Crippen LogP contribution is 2.38. The first kappa shape index (κ1) is 28.9. The predicted molar refractivity (Wildman–Crippen MR) is 179 cm³/mol. The average Bonchev–Trinajstić information content (AvgIpc) is 3.39. The van der Waals surface area contributed by atoms with Crippen molar-refractivity contribution < 1.29 is 9.47 Å². The maximum atomic E-state index is 6.02. The van der Waals surface area contributed by atoms with Crippen LogP contribution in [0.5, 0.6) is 11.5 Å². The molecule has 0 N–H and O–H groups in total. The summed E-state index contributed by atoms with van der Waals surface area (Å²) in [5, 5.41) is 0. The summed E-state index contributed by atoms with van der Waals surface area (Å²) >= 11 is 15.6. The van der Waals surface area contributed by atoms with Gasteiger partial charge in [-0.2, -0.15) is 0 Å². The van der Waals surface area contributed by atoms with Gasteiger partial charge in [-0.1, -0.05) is 49.9 Å². The van der Waals surface area contributed by atoms with Crippen LogP contribution in [0.1, 0.15) is 38.5 Å². The first-order valence-electron chi connectivity index (χ1n) is 11.9. The molecular formula is C28H26Br2I2O2S2. The SMILES string of the molecule is Brc1sc(I)cc1-c1cccc(OCCCCCCCCOc2cccc(-c3cc(I)sc3Br)c2)c1. The van der Waals surface area contributed by atoms with E-state index in [2.05, 4.69) is 126 Å². The van der Waals surface area contributed by atoms with E-state index in [1.165, 1.54) is 61.3 Å². The molecule has 0 spiro atoms. The zero-order valence-corrected chi connectivity index (χ0v) is 28.7. The molecule has 0 aliphatic rings. The summed E-state index contributed by atoms with van der Waals surface area (Å²) in [5.41, 5.74) is 4.86. The molecule has 190 valence electrons. The van der Waals surface area contributed by atoms with Gasteiger partial charge in [-0.15, -0.1) is 22.7 Å². The van der Waals surface area contributed by atoms with Gasteiger partial charge < -0.3 is 9.47 Å². The number of benzene rings is 2. The van der Waals surface area contributed by atoms with Crippen molar-refractivity contribution in [3.63, 3.8) is 0 Å². The van der Waals surface area contributed by atoms with Gasteiger partial charge in [-0.3, -0.25) is 0 Å². The summed E-state index contributed by atoms with van der Waals surface area (Å²) < 4.78 is 16.9. The van der Waals surface area contributed by atoms with Gasteiger partial charge in [0.15, 0.2) is 0 Å². The van der Waals surface area contributed by atoms with Crippen molar-refractivity contribution in [2.45, 2.75) is 38.5 Å². The number of thiophene rings is 2. The van der Waals surface area contributed by atoms with E-state index in [4.69, 9.17) is 9.47 Å². The van der Waals surface area contributed by atoms with E-state index in [1.54, 1.807) is 22.7 Å². The summed E-state index contributed by atoms with van der Waals surface area (Å²) in [5.74, 6) is 1.89. The number of hydrogen-bond donors (Lipinski definition) is 0. The Hall–Kier alpha value is -0.140. The maximum Gasteiger partial charge on any atom is 0.119 e. The largest absolute Gasteiger partial charge is 0.494 e. The minimum absolute atomic E-state index is 0.768. The molecule has 4 aromatic rings. The van der Waals surface area contributed by atoms with E-state index in [1.807, 2.05) is 12.1 Å². The third-order valence-electron chi connectivity index (χ3n) is 5.68. The van der Waals surface area contributed by atoms with E-state index < -0.39 is 0 Å². The van der Waals surface area contributed by atoms with Crippen LogP contribution in [0.15, 0.2) is 68.2 Å². The van der Waals surface area contributed by atoms with Crippen LogP contribution in [0, 0.1) is 5.77 Å². The first-order valence-corrected chi connectivity index (χ1v) is 17.2. The summed E-state index contributed by atoms with van der Waals surface area (Å²) in [7, 11) is 0. The fourth-order valence-electron chi connectivity index (χ4n) is 3.87. The molecule has 2 aromatic carbocycles. The van der Waals surface area contributed by atoms with E-state index in [-0.39, 0.29) is 0 Å². The zero-order chi connectivity index (χ0) is 25.3. The van der Waals surface area contributed by atoms with Crippen molar-refractivity contribution in [2.75, 3.05) is 13.2 Å². The number of halogens is 4. The van der Waals surface area contributed by atoms with Crippen LogP contribution in [0.3, 0.4) is 0 Å². The van der Waals surface area contributed by atoms with Crippen LogP contribution in [-0.4, -0.2) is 13.2 Å². The second-order valence-electron chi connectivity index (χ2n) is 8.35. The molecule has 0 bridgehead atoms. The molecule has 0 saturated heterocycles. The number of unbranched alkanes of at least 4 members (excludes halogenated alkanes) is 5. The standard InChI is InChI=1S/C28H26Br2I2O2S2/c29-27-23(17-25(31)35-27)19-9-7-11-21(15-19)33-13-5-3-1-2-4-6-14-34-22-12-8-10-20(16-22)24-18-26(32)36-28(24)30/h7-12,15-18H,1-6,13-14H2. The summed E-state index contributed by atoms with van der Waals surface area (Å²) in [4.78, 5) is 0. The van der Waals surface area contributed by atoms with Crippen LogP contribution >= 0.6 is 99.7 Å². The Bertz CT molecular complexity index is 1170. The molecule has 8 heteroatoms. The Labute approximate surface area is 265 Å². The van der Waals surface area contributed by atoms with Crippen molar-refractivity contribution in [3.05, 3.63) is 74.0 Å². The van der Waals surface area contributed by atoms with Crippen LogP contribution in [-0.2, 0) is 0 Å². The summed E-state index contributed by atoms with van der Waals surface area (Å²) in [6, 6.07) is 21.2. The van der Waals surface area contributed by atoms with Crippen molar-refractivity contribution >= 4 is 99.7 Å². The fraction of sp³-hybridized carbons (Fsp3) is 0.286. The number of ether oxygens (including phenoxy) is 2. The van der Waals surface area contributed by atoms with Gasteiger partial charge in [-0.05, 0) is 137 Å². The minimum Gasteiger partial charge on any atom is -0.494 e. The van der Waals surface area contributed by atoms with E-state index in [0.29, 0.717) is 0 Å². The highest BCUT2D eigenvalue weighted by Gasteiger charge is 2.10. The van der Waals surface area contributed by atoms with Crippen molar-refractivity contribution in [1.82, 2.24) is 0 Å². The smallest absolute Gasteiger partial charge is 0.119 e. The minimum atomic E-state index is 0.768. The molecule has 2 heterocycles. The highest BCUT2D eigenvalue weighted by atomic mass is 127. The lowest BCUT2D eigenvalue weighted by Gasteiger charge is -2.09. The molecule has 0 radical (unpaired) electrons. The topological polar surface area (TPSA) is 18.5 Å². The lowest BCUT2D eigenvalue weighted by Crippen LogP contribution is -1.98. The van der Waals surface area contributed by atoms with E-state index in [0.717, 1.165) is 37.6 Å². The predicted octanol–water partition coefficient (Wildman–Crippen LogP) is 11.7. The van der Waals surface area contributed by atoms with E-state index in [9.17, 15) is 0 Å². The quantitative estimate of drug-likeness (QED) is 0.0984. The van der Waals surface area contributed by atoms with Crippen LogP contribution < -0.4 is 9.47 Å². The van der Waals surface area contributed by atoms with Crippen LogP contribution in [0.2, 0.25) is 0 Å². The fourth-order valence-corrected chi connectivity index (χ4v) is 10.6. The molecule has 0 fully saturated rings. The number of rotatable bonds is 13. The zero-order valence-electron chi connectivity index (χ0n) is 19.6.